The van der Waals surface area contributed by atoms with Crippen LogP contribution in [0.1, 0.15) is 227 Å². The Labute approximate surface area is 287 Å². The van der Waals surface area contributed by atoms with Crippen LogP contribution in [0.5, 0.6) is 0 Å². The predicted molar refractivity (Wildman–Crippen MR) is 199 cm³/mol. The Balaban J connectivity index is 4.48. The molecule has 0 aromatic heterocycles. The first kappa shape index (κ1) is 44.4. The normalized spacial score (nSPS) is 11.5. The molecular formula is C42H78O4. The summed E-state index contributed by atoms with van der Waals surface area (Å²) in [7, 11) is 0. The van der Waals surface area contributed by atoms with Gasteiger partial charge in [-0.15, -0.1) is 0 Å². The SMILES string of the molecule is C=C(C)C(=O)OC(CCCCCCCCCCCCCCCC)(CCCCCCCCCCCCCCCCC)OC(=O)C(=C)C. The van der Waals surface area contributed by atoms with Crippen molar-refractivity contribution in [1.82, 2.24) is 0 Å². The lowest BCUT2D eigenvalue weighted by Crippen LogP contribution is -2.40. The molecule has 4 heteroatoms. The molecule has 270 valence electrons. The van der Waals surface area contributed by atoms with Gasteiger partial charge in [0.1, 0.15) is 0 Å². The average Bonchev–Trinajstić information content (AvgIpc) is 3.02. The summed E-state index contributed by atoms with van der Waals surface area (Å²) in [5.41, 5.74) is 0.654. The molecule has 0 N–H and O–H groups in total. The van der Waals surface area contributed by atoms with Crippen LogP contribution in [0.4, 0.5) is 0 Å². The molecule has 46 heavy (non-hydrogen) atoms. The Hall–Kier alpha value is -1.58. The van der Waals surface area contributed by atoms with Gasteiger partial charge in [0.2, 0.25) is 0 Å². The van der Waals surface area contributed by atoms with E-state index < -0.39 is 17.7 Å². The molecule has 0 saturated heterocycles. The number of esters is 2. The summed E-state index contributed by atoms with van der Waals surface area (Å²) in [6, 6.07) is 0. The van der Waals surface area contributed by atoms with E-state index in [1.807, 2.05) is 0 Å². The fourth-order valence-electron chi connectivity index (χ4n) is 6.22. The summed E-state index contributed by atoms with van der Waals surface area (Å²) < 4.78 is 11.9. The van der Waals surface area contributed by atoms with Crippen molar-refractivity contribution in [1.29, 1.82) is 0 Å². The molecule has 0 aromatic rings. The van der Waals surface area contributed by atoms with Crippen molar-refractivity contribution >= 4 is 11.9 Å². The summed E-state index contributed by atoms with van der Waals surface area (Å²) in [5, 5.41) is 0. The summed E-state index contributed by atoms with van der Waals surface area (Å²) in [6.45, 7) is 15.4. The molecule has 0 heterocycles. The summed E-state index contributed by atoms with van der Waals surface area (Å²) in [4.78, 5) is 25.4. The van der Waals surface area contributed by atoms with Crippen LogP contribution in [0.3, 0.4) is 0 Å². The maximum Gasteiger partial charge on any atom is 0.336 e. The molecule has 0 spiro atoms. The standard InChI is InChI=1S/C42H78O4/c1-7-9-11-13-15-17-19-21-23-25-27-29-31-33-35-37-42(45-40(43)38(3)4,46-41(44)39(5)6)36-34-32-30-28-26-24-22-20-18-16-14-12-10-8-2/h3,5,7-37H2,1-2,4,6H3. The molecule has 0 aromatic carbocycles. The van der Waals surface area contributed by atoms with Crippen LogP contribution in [-0.4, -0.2) is 17.7 Å². The van der Waals surface area contributed by atoms with Gasteiger partial charge in [0.25, 0.3) is 5.79 Å². The van der Waals surface area contributed by atoms with Gasteiger partial charge in [-0.2, -0.15) is 0 Å². The van der Waals surface area contributed by atoms with E-state index in [0.717, 1.165) is 38.5 Å². The van der Waals surface area contributed by atoms with Gasteiger partial charge in [-0.25, -0.2) is 9.59 Å². The molecule has 0 unspecified atom stereocenters. The van der Waals surface area contributed by atoms with Crippen molar-refractivity contribution in [3.05, 3.63) is 24.3 Å². The molecule has 0 amide bonds. The second kappa shape index (κ2) is 32.0. The zero-order valence-electron chi connectivity index (χ0n) is 31.5. The second-order valence-electron chi connectivity index (χ2n) is 14.3. The van der Waals surface area contributed by atoms with Gasteiger partial charge in [-0.1, -0.05) is 200 Å². The summed E-state index contributed by atoms with van der Waals surface area (Å²) in [5.74, 6) is -2.21. The first-order valence-electron chi connectivity index (χ1n) is 20.1. The van der Waals surface area contributed by atoms with Crippen molar-refractivity contribution in [3.8, 4) is 0 Å². The van der Waals surface area contributed by atoms with E-state index in [4.69, 9.17) is 9.47 Å². The van der Waals surface area contributed by atoms with Crippen LogP contribution < -0.4 is 0 Å². The molecule has 0 aliphatic carbocycles. The van der Waals surface area contributed by atoms with Crippen molar-refractivity contribution in [3.63, 3.8) is 0 Å². The highest BCUT2D eigenvalue weighted by Gasteiger charge is 2.38. The number of hydrogen-bond acceptors (Lipinski definition) is 4. The van der Waals surface area contributed by atoms with Crippen LogP contribution in [-0.2, 0) is 19.1 Å². The molecule has 0 aliphatic rings. The number of carbonyl (C=O) groups excluding carboxylic acids is 2. The third-order valence-corrected chi connectivity index (χ3v) is 9.33. The van der Waals surface area contributed by atoms with Gasteiger partial charge in [0, 0.05) is 24.0 Å². The van der Waals surface area contributed by atoms with Crippen LogP contribution in [0.25, 0.3) is 0 Å². The minimum atomic E-state index is -1.24. The molecule has 0 bridgehead atoms. The number of unbranched alkanes of at least 4 members (excludes halogenated alkanes) is 27. The Morgan fingerprint density at radius 2 is 0.587 bits per heavy atom. The van der Waals surface area contributed by atoms with E-state index in [9.17, 15) is 9.59 Å². The zero-order valence-corrected chi connectivity index (χ0v) is 31.5. The van der Waals surface area contributed by atoms with Crippen LogP contribution in [0.15, 0.2) is 24.3 Å². The molecule has 4 nitrogen and oxygen atoms in total. The Morgan fingerprint density at radius 1 is 0.391 bits per heavy atom. The fourth-order valence-corrected chi connectivity index (χ4v) is 6.22. The lowest BCUT2D eigenvalue weighted by molar-refractivity contribution is -0.229. The lowest BCUT2D eigenvalue weighted by atomic mass is 9.98. The average molecular weight is 647 g/mol. The Bertz CT molecular complexity index is 727. The maximum atomic E-state index is 12.7. The number of hydrogen-bond donors (Lipinski definition) is 0. The maximum absolute atomic E-state index is 12.7. The molecule has 0 atom stereocenters. The fraction of sp³-hybridized carbons (Fsp3) is 0.857. The van der Waals surface area contributed by atoms with Gasteiger partial charge in [0.15, 0.2) is 0 Å². The second-order valence-corrected chi connectivity index (χ2v) is 14.3. The molecule has 0 aliphatic heterocycles. The van der Waals surface area contributed by atoms with Gasteiger partial charge < -0.3 is 9.47 Å². The third kappa shape index (κ3) is 27.5. The molecule has 0 radical (unpaired) electrons. The topological polar surface area (TPSA) is 52.6 Å². The molecule has 0 saturated carbocycles. The van der Waals surface area contributed by atoms with Crippen molar-refractivity contribution < 1.29 is 19.1 Å². The van der Waals surface area contributed by atoms with E-state index in [0.29, 0.717) is 24.0 Å². The van der Waals surface area contributed by atoms with Crippen LogP contribution in [0, 0.1) is 0 Å². The predicted octanol–water partition coefficient (Wildman–Crippen LogP) is 14.1. The molecule has 0 fully saturated rings. The zero-order chi connectivity index (χ0) is 34.1. The molecule has 0 rings (SSSR count). The van der Waals surface area contributed by atoms with E-state index >= 15 is 0 Å². The van der Waals surface area contributed by atoms with Crippen molar-refractivity contribution in [2.45, 2.75) is 233 Å². The summed E-state index contributed by atoms with van der Waals surface area (Å²) >= 11 is 0. The minimum Gasteiger partial charge on any atom is -0.419 e. The van der Waals surface area contributed by atoms with Crippen molar-refractivity contribution in [2.24, 2.45) is 0 Å². The van der Waals surface area contributed by atoms with Crippen LogP contribution >= 0.6 is 0 Å². The van der Waals surface area contributed by atoms with Crippen molar-refractivity contribution in [2.75, 3.05) is 0 Å². The smallest absolute Gasteiger partial charge is 0.336 e. The van der Waals surface area contributed by atoms with Crippen LogP contribution in [0.2, 0.25) is 0 Å². The highest BCUT2D eigenvalue weighted by atomic mass is 16.7. The quantitative estimate of drug-likeness (QED) is 0.0297. The van der Waals surface area contributed by atoms with E-state index in [1.165, 1.54) is 148 Å². The molecular weight excluding hydrogens is 568 g/mol. The highest BCUT2D eigenvalue weighted by Crippen LogP contribution is 2.31. The largest absolute Gasteiger partial charge is 0.419 e. The van der Waals surface area contributed by atoms with E-state index in [-0.39, 0.29) is 0 Å². The lowest BCUT2D eigenvalue weighted by Gasteiger charge is -2.33. The highest BCUT2D eigenvalue weighted by molar-refractivity contribution is 5.89. The van der Waals surface area contributed by atoms with E-state index in [1.54, 1.807) is 13.8 Å². The number of ether oxygens (including phenoxy) is 2. The first-order valence-corrected chi connectivity index (χ1v) is 20.1. The van der Waals surface area contributed by atoms with Gasteiger partial charge in [0.05, 0.1) is 0 Å². The number of rotatable bonds is 35. The van der Waals surface area contributed by atoms with E-state index in [2.05, 4.69) is 27.0 Å². The Morgan fingerprint density at radius 3 is 0.783 bits per heavy atom. The van der Waals surface area contributed by atoms with Gasteiger partial charge in [-0.05, 0) is 26.7 Å². The monoisotopic (exact) mass is 647 g/mol. The third-order valence-electron chi connectivity index (χ3n) is 9.33. The Kier molecular flexibility index (Phi) is 30.9. The summed E-state index contributed by atoms with van der Waals surface area (Å²) in [6.07, 6.45) is 38.4. The van der Waals surface area contributed by atoms with Gasteiger partial charge >= 0.3 is 11.9 Å². The first-order chi connectivity index (χ1) is 22.3. The number of carbonyl (C=O) groups is 2. The minimum absolute atomic E-state index is 0.327. The van der Waals surface area contributed by atoms with Gasteiger partial charge in [-0.3, -0.25) is 0 Å².